The molecule has 14 heavy (non-hydrogen) atoms. The smallest absolute Gasteiger partial charge is 0.220 e. The Balaban J connectivity index is 2.00. The lowest BCUT2D eigenvalue weighted by Crippen LogP contribution is -2.16. The predicted octanol–water partition coefficient (Wildman–Crippen LogP) is 0.153. The fourth-order valence-electron chi connectivity index (χ4n) is 1.61. The Morgan fingerprint density at radius 1 is 1.71 bits per heavy atom. The first-order chi connectivity index (χ1) is 6.79. The average Bonchev–Trinajstić information content (AvgIpc) is 2.76. The quantitative estimate of drug-likeness (QED) is 0.729. The van der Waals surface area contributed by atoms with Crippen LogP contribution in [-0.2, 0) is 17.2 Å². The number of alkyl halides is 1. The topological polar surface area (TPSA) is 59.8 Å². The van der Waals surface area contributed by atoms with Crippen LogP contribution >= 0.6 is 11.6 Å². The van der Waals surface area contributed by atoms with Gasteiger partial charge >= 0.3 is 0 Å². The van der Waals surface area contributed by atoms with Crippen molar-refractivity contribution in [3.63, 3.8) is 0 Å². The van der Waals surface area contributed by atoms with Gasteiger partial charge in [0.25, 0.3) is 0 Å². The monoisotopic (exact) mass is 214 g/mol. The van der Waals surface area contributed by atoms with Crippen LogP contribution in [0.5, 0.6) is 0 Å². The molecule has 0 aromatic carbocycles. The molecule has 1 fully saturated rings. The van der Waals surface area contributed by atoms with E-state index in [0.717, 1.165) is 18.9 Å². The molecule has 0 aliphatic carbocycles. The van der Waals surface area contributed by atoms with Gasteiger partial charge in [-0.05, 0) is 0 Å². The fraction of sp³-hybridized carbons (Fsp3) is 0.625. The van der Waals surface area contributed by atoms with E-state index in [9.17, 15) is 4.79 Å². The maximum atomic E-state index is 11.0. The summed E-state index contributed by atoms with van der Waals surface area (Å²) in [4.78, 5) is 11.0. The van der Waals surface area contributed by atoms with Crippen LogP contribution in [-0.4, -0.2) is 27.2 Å². The molecule has 0 saturated carbocycles. The van der Waals surface area contributed by atoms with Crippen LogP contribution in [0.15, 0.2) is 6.33 Å². The average molecular weight is 215 g/mol. The molecule has 0 spiro atoms. The van der Waals surface area contributed by atoms with Crippen molar-refractivity contribution in [3.8, 4) is 0 Å². The molecule has 1 saturated heterocycles. The lowest BCUT2D eigenvalue weighted by atomic mass is 10.1. The van der Waals surface area contributed by atoms with Gasteiger partial charge in [0.15, 0.2) is 0 Å². The number of nitrogens with one attached hydrogen (secondary N) is 1. The third-order valence-electron chi connectivity index (χ3n) is 2.33. The minimum atomic E-state index is 0.121. The van der Waals surface area contributed by atoms with Crippen molar-refractivity contribution in [1.82, 2.24) is 20.1 Å². The first-order valence-electron chi connectivity index (χ1n) is 4.49. The van der Waals surface area contributed by atoms with E-state index in [1.165, 1.54) is 0 Å². The van der Waals surface area contributed by atoms with Crippen molar-refractivity contribution in [2.24, 2.45) is 5.92 Å². The number of aromatic nitrogens is 3. The van der Waals surface area contributed by atoms with Crippen LogP contribution in [0, 0.1) is 5.92 Å². The Kier molecular flexibility index (Phi) is 2.67. The maximum Gasteiger partial charge on any atom is 0.220 e. The number of nitrogens with zero attached hydrogens (tertiary/aromatic N) is 3. The molecular weight excluding hydrogens is 204 g/mol. The number of halogens is 1. The summed E-state index contributed by atoms with van der Waals surface area (Å²) in [5, 5.41) is 10.4. The van der Waals surface area contributed by atoms with Crippen LogP contribution in [0.4, 0.5) is 0 Å². The lowest BCUT2D eigenvalue weighted by Gasteiger charge is -2.08. The molecule has 1 aliphatic heterocycles. The van der Waals surface area contributed by atoms with Crippen LogP contribution in [0.2, 0.25) is 0 Å². The van der Waals surface area contributed by atoms with E-state index >= 15 is 0 Å². The molecule has 5 nitrogen and oxygen atoms in total. The Morgan fingerprint density at radius 2 is 2.57 bits per heavy atom. The summed E-state index contributed by atoms with van der Waals surface area (Å²) in [5.74, 6) is 1.57. The minimum absolute atomic E-state index is 0.121. The van der Waals surface area contributed by atoms with Crippen molar-refractivity contribution in [2.45, 2.75) is 18.8 Å². The third kappa shape index (κ3) is 1.87. The molecule has 1 N–H and O–H groups in total. The molecule has 1 atom stereocenters. The van der Waals surface area contributed by atoms with Crippen LogP contribution in [0.25, 0.3) is 0 Å². The molecule has 1 amide bonds. The second-order valence-electron chi connectivity index (χ2n) is 3.41. The lowest BCUT2D eigenvalue weighted by molar-refractivity contribution is -0.119. The largest absolute Gasteiger partial charge is 0.356 e. The van der Waals surface area contributed by atoms with Gasteiger partial charge in [-0.25, -0.2) is 0 Å². The Labute approximate surface area is 86.5 Å². The molecule has 2 rings (SSSR count). The van der Waals surface area contributed by atoms with Gasteiger partial charge in [-0.2, -0.15) is 0 Å². The van der Waals surface area contributed by atoms with Gasteiger partial charge in [0, 0.05) is 25.4 Å². The van der Waals surface area contributed by atoms with Crippen molar-refractivity contribution in [1.29, 1.82) is 0 Å². The summed E-state index contributed by atoms with van der Waals surface area (Å²) in [7, 11) is 0. The molecule has 1 aliphatic rings. The zero-order valence-corrected chi connectivity index (χ0v) is 8.37. The van der Waals surface area contributed by atoms with Gasteiger partial charge in [0.2, 0.25) is 5.91 Å². The highest BCUT2D eigenvalue weighted by Gasteiger charge is 2.22. The standard InChI is InChI=1S/C8H11ClN4O/c9-2-7-12-11-5-13(7)4-6-1-8(14)10-3-6/h5-6H,1-4H2,(H,10,14). The Hall–Kier alpha value is -1.10. The van der Waals surface area contributed by atoms with Crippen molar-refractivity contribution < 1.29 is 4.79 Å². The highest BCUT2D eigenvalue weighted by atomic mass is 35.5. The second kappa shape index (κ2) is 3.96. The normalized spacial score (nSPS) is 21.2. The van der Waals surface area contributed by atoms with E-state index in [1.807, 2.05) is 4.57 Å². The van der Waals surface area contributed by atoms with Gasteiger partial charge in [0.1, 0.15) is 12.2 Å². The zero-order valence-electron chi connectivity index (χ0n) is 7.61. The number of rotatable bonds is 3. The van der Waals surface area contributed by atoms with Gasteiger partial charge in [-0.3, -0.25) is 4.79 Å². The van der Waals surface area contributed by atoms with Crippen LogP contribution in [0.3, 0.4) is 0 Å². The maximum absolute atomic E-state index is 11.0. The number of hydrogen-bond acceptors (Lipinski definition) is 3. The van der Waals surface area contributed by atoms with E-state index in [4.69, 9.17) is 11.6 Å². The zero-order chi connectivity index (χ0) is 9.97. The molecule has 0 radical (unpaired) electrons. The highest BCUT2D eigenvalue weighted by Crippen LogP contribution is 2.12. The number of carbonyl (C=O) groups is 1. The van der Waals surface area contributed by atoms with Crippen molar-refractivity contribution in [2.75, 3.05) is 6.54 Å². The molecule has 0 bridgehead atoms. The highest BCUT2D eigenvalue weighted by molar-refractivity contribution is 6.16. The summed E-state index contributed by atoms with van der Waals surface area (Å²) in [6.07, 6.45) is 2.24. The third-order valence-corrected chi connectivity index (χ3v) is 2.57. The fourth-order valence-corrected chi connectivity index (χ4v) is 1.81. The molecule has 1 unspecified atom stereocenters. The van der Waals surface area contributed by atoms with E-state index in [0.29, 0.717) is 18.2 Å². The summed E-state index contributed by atoms with van der Waals surface area (Å²) in [5.41, 5.74) is 0. The van der Waals surface area contributed by atoms with Crippen LogP contribution < -0.4 is 5.32 Å². The number of carbonyl (C=O) groups excluding carboxylic acids is 1. The Morgan fingerprint density at radius 3 is 3.21 bits per heavy atom. The molecule has 2 heterocycles. The van der Waals surface area contributed by atoms with Crippen molar-refractivity contribution >= 4 is 17.5 Å². The number of amides is 1. The molecule has 6 heteroatoms. The summed E-state index contributed by atoms with van der Waals surface area (Å²) < 4.78 is 1.90. The van der Waals surface area contributed by atoms with Gasteiger partial charge in [-0.1, -0.05) is 0 Å². The summed E-state index contributed by atoms with van der Waals surface area (Å²) in [6, 6.07) is 0. The van der Waals surface area contributed by atoms with Gasteiger partial charge in [0.05, 0.1) is 5.88 Å². The summed E-state index contributed by atoms with van der Waals surface area (Å²) >= 11 is 5.68. The molecule has 76 valence electrons. The first kappa shape index (κ1) is 9.45. The SMILES string of the molecule is O=C1CC(Cn2cnnc2CCl)CN1. The van der Waals surface area contributed by atoms with Gasteiger partial charge < -0.3 is 9.88 Å². The first-order valence-corrected chi connectivity index (χ1v) is 5.02. The van der Waals surface area contributed by atoms with E-state index < -0.39 is 0 Å². The van der Waals surface area contributed by atoms with Crippen LogP contribution in [0.1, 0.15) is 12.2 Å². The minimum Gasteiger partial charge on any atom is -0.356 e. The van der Waals surface area contributed by atoms with Crippen molar-refractivity contribution in [3.05, 3.63) is 12.2 Å². The van der Waals surface area contributed by atoms with E-state index in [-0.39, 0.29) is 5.91 Å². The van der Waals surface area contributed by atoms with E-state index in [1.54, 1.807) is 6.33 Å². The molecule has 1 aromatic heterocycles. The molecular formula is C8H11ClN4O. The molecule has 1 aromatic rings. The predicted molar refractivity (Wildman–Crippen MR) is 50.7 cm³/mol. The van der Waals surface area contributed by atoms with Gasteiger partial charge in [-0.15, -0.1) is 21.8 Å². The van der Waals surface area contributed by atoms with E-state index in [2.05, 4.69) is 15.5 Å². The summed E-state index contributed by atoms with van der Waals surface area (Å²) in [6.45, 7) is 1.49. The number of hydrogen-bond donors (Lipinski definition) is 1. The second-order valence-corrected chi connectivity index (χ2v) is 3.67. The Bertz CT molecular complexity index is 338.